The molecule has 1 amide bonds. The zero-order chi connectivity index (χ0) is 18.9. The second-order valence-corrected chi connectivity index (χ2v) is 7.87. The van der Waals surface area contributed by atoms with Crippen LogP contribution in [0.5, 0.6) is 5.75 Å². The maximum absolute atomic E-state index is 13.9. The van der Waals surface area contributed by atoms with E-state index in [4.69, 9.17) is 4.74 Å². The summed E-state index contributed by atoms with van der Waals surface area (Å²) < 4.78 is 43.9. The van der Waals surface area contributed by atoms with Gasteiger partial charge in [-0.3, -0.25) is 9.10 Å². The van der Waals surface area contributed by atoms with Gasteiger partial charge in [0.15, 0.2) is 11.6 Å². The molecule has 0 spiro atoms. The van der Waals surface area contributed by atoms with Crippen LogP contribution < -0.4 is 14.4 Å². The molecule has 2 aromatic carbocycles. The lowest BCUT2D eigenvalue weighted by atomic mass is 10.1. The zero-order valence-corrected chi connectivity index (χ0v) is 15.3. The average molecular weight is 378 g/mol. The Balaban J connectivity index is 1.78. The number of anilines is 2. The number of halogens is 1. The van der Waals surface area contributed by atoms with Crippen molar-refractivity contribution in [2.75, 3.05) is 29.0 Å². The van der Waals surface area contributed by atoms with Crippen molar-refractivity contribution in [3.05, 3.63) is 53.3 Å². The fraction of sp³-hybridized carbons (Fsp3) is 0.278. The van der Waals surface area contributed by atoms with E-state index in [0.717, 1.165) is 11.8 Å². The van der Waals surface area contributed by atoms with Crippen molar-refractivity contribution in [1.82, 2.24) is 0 Å². The Bertz CT molecular complexity index is 960. The molecule has 0 bridgehead atoms. The van der Waals surface area contributed by atoms with Crippen molar-refractivity contribution in [3.63, 3.8) is 0 Å². The Kier molecular flexibility index (Phi) is 4.86. The van der Waals surface area contributed by atoms with Crippen LogP contribution in [0.25, 0.3) is 0 Å². The molecule has 0 atom stereocenters. The first-order valence-corrected chi connectivity index (χ1v) is 9.98. The minimum absolute atomic E-state index is 0.129. The third-order valence-corrected chi connectivity index (χ3v) is 5.26. The van der Waals surface area contributed by atoms with E-state index in [2.05, 4.69) is 5.32 Å². The number of fused-ring (bicyclic) bond motifs is 1. The molecular weight excluding hydrogens is 359 g/mol. The van der Waals surface area contributed by atoms with E-state index in [-0.39, 0.29) is 5.75 Å². The van der Waals surface area contributed by atoms with Crippen molar-refractivity contribution in [2.24, 2.45) is 0 Å². The molecule has 0 aromatic heterocycles. The summed E-state index contributed by atoms with van der Waals surface area (Å²) in [7, 11) is -3.33. The Morgan fingerprint density at radius 2 is 2.04 bits per heavy atom. The predicted octanol–water partition coefficient (Wildman–Crippen LogP) is 2.80. The number of ether oxygens (including phenoxy) is 1. The molecule has 0 saturated heterocycles. The Hall–Kier alpha value is -2.61. The molecule has 3 rings (SSSR count). The Morgan fingerprint density at radius 1 is 1.27 bits per heavy atom. The van der Waals surface area contributed by atoms with Gasteiger partial charge in [0, 0.05) is 23.9 Å². The van der Waals surface area contributed by atoms with E-state index in [1.165, 1.54) is 16.4 Å². The molecule has 0 radical (unpaired) electrons. The SMILES string of the molecule is CCOc1ccc(NC(=O)c2ccc3c(c2)CCN3S(C)(=O)=O)cc1F. The summed E-state index contributed by atoms with van der Waals surface area (Å²) in [5, 5.41) is 2.63. The number of carbonyl (C=O) groups is 1. The Labute approximate surface area is 151 Å². The van der Waals surface area contributed by atoms with Gasteiger partial charge in [-0.2, -0.15) is 0 Å². The number of hydrogen-bond acceptors (Lipinski definition) is 4. The van der Waals surface area contributed by atoms with Crippen molar-refractivity contribution < 1.29 is 22.3 Å². The van der Waals surface area contributed by atoms with Gasteiger partial charge in [0.25, 0.3) is 5.91 Å². The van der Waals surface area contributed by atoms with Crippen molar-refractivity contribution in [2.45, 2.75) is 13.3 Å². The summed E-state index contributed by atoms with van der Waals surface area (Å²) in [5.74, 6) is -0.819. The highest BCUT2D eigenvalue weighted by Gasteiger charge is 2.26. The van der Waals surface area contributed by atoms with E-state index >= 15 is 0 Å². The molecular formula is C18H19FN2O4S. The summed E-state index contributed by atoms with van der Waals surface area (Å²) in [4.78, 5) is 12.4. The van der Waals surface area contributed by atoms with Gasteiger partial charge in [-0.05, 0) is 49.2 Å². The van der Waals surface area contributed by atoms with E-state index in [1.807, 2.05) is 0 Å². The zero-order valence-electron chi connectivity index (χ0n) is 14.5. The number of benzene rings is 2. The van der Waals surface area contributed by atoms with Crippen molar-refractivity contribution >= 4 is 27.3 Å². The number of hydrogen-bond donors (Lipinski definition) is 1. The highest BCUT2D eigenvalue weighted by molar-refractivity contribution is 7.92. The number of nitrogens with zero attached hydrogens (tertiary/aromatic N) is 1. The van der Waals surface area contributed by atoms with Crippen LogP contribution in [-0.4, -0.2) is 33.7 Å². The summed E-state index contributed by atoms with van der Waals surface area (Å²) >= 11 is 0. The predicted molar refractivity (Wildman–Crippen MR) is 97.9 cm³/mol. The van der Waals surface area contributed by atoms with E-state index in [9.17, 15) is 17.6 Å². The lowest BCUT2D eigenvalue weighted by Crippen LogP contribution is -2.27. The van der Waals surface area contributed by atoms with Gasteiger partial charge in [0.05, 0.1) is 18.6 Å². The molecule has 1 heterocycles. The van der Waals surface area contributed by atoms with Crippen LogP contribution in [0, 0.1) is 5.82 Å². The van der Waals surface area contributed by atoms with Crippen LogP contribution in [0.4, 0.5) is 15.8 Å². The van der Waals surface area contributed by atoms with Crippen LogP contribution in [-0.2, 0) is 16.4 Å². The van der Waals surface area contributed by atoms with Crippen LogP contribution in [0.2, 0.25) is 0 Å². The monoisotopic (exact) mass is 378 g/mol. The molecule has 1 aliphatic rings. The Morgan fingerprint density at radius 3 is 2.69 bits per heavy atom. The molecule has 0 unspecified atom stereocenters. The lowest BCUT2D eigenvalue weighted by molar-refractivity contribution is 0.102. The minimum atomic E-state index is -3.33. The van der Waals surface area contributed by atoms with Crippen molar-refractivity contribution in [1.29, 1.82) is 0 Å². The molecule has 0 fully saturated rings. The highest BCUT2D eigenvalue weighted by Crippen LogP contribution is 2.31. The number of sulfonamides is 1. The summed E-state index contributed by atoms with van der Waals surface area (Å²) in [5.41, 5.74) is 2.08. The third kappa shape index (κ3) is 3.65. The molecule has 2 aromatic rings. The normalized spacial score (nSPS) is 13.4. The second kappa shape index (κ2) is 6.95. The quantitative estimate of drug-likeness (QED) is 0.868. The van der Waals surface area contributed by atoms with Gasteiger partial charge in [-0.1, -0.05) is 0 Å². The number of nitrogens with one attached hydrogen (secondary N) is 1. The summed E-state index contributed by atoms with van der Waals surface area (Å²) in [6.07, 6.45) is 1.70. The first-order valence-electron chi connectivity index (χ1n) is 8.14. The molecule has 1 N–H and O–H groups in total. The number of amides is 1. The third-order valence-electron chi connectivity index (χ3n) is 4.08. The van der Waals surface area contributed by atoms with Gasteiger partial charge in [0.2, 0.25) is 10.0 Å². The largest absolute Gasteiger partial charge is 0.491 e. The van der Waals surface area contributed by atoms with Crippen LogP contribution >= 0.6 is 0 Å². The van der Waals surface area contributed by atoms with Gasteiger partial charge in [-0.15, -0.1) is 0 Å². The number of carbonyl (C=O) groups excluding carboxylic acids is 1. The first-order chi connectivity index (χ1) is 12.3. The van der Waals surface area contributed by atoms with Gasteiger partial charge < -0.3 is 10.1 Å². The maximum Gasteiger partial charge on any atom is 0.255 e. The summed E-state index contributed by atoms with van der Waals surface area (Å²) in [6, 6.07) is 9.06. The van der Waals surface area contributed by atoms with E-state index < -0.39 is 21.7 Å². The molecule has 138 valence electrons. The molecule has 6 nitrogen and oxygen atoms in total. The van der Waals surface area contributed by atoms with Crippen LogP contribution in [0.3, 0.4) is 0 Å². The average Bonchev–Trinajstić information content (AvgIpc) is 3.00. The van der Waals surface area contributed by atoms with E-state index in [0.29, 0.717) is 36.5 Å². The van der Waals surface area contributed by atoms with Gasteiger partial charge in [0.1, 0.15) is 0 Å². The van der Waals surface area contributed by atoms with Crippen molar-refractivity contribution in [3.8, 4) is 5.75 Å². The van der Waals surface area contributed by atoms with Crippen LogP contribution in [0.1, 0.15) is 22.8 Å². The van der Waals surface area contributed by atoms with Gasteiger partial charge in [-0.25, -0.2) is 12.8 Å². The molecule has 26 heavy (non-hydrogen) atoms. The molecule has 0 aliphatic carbocycles. The summed E-state index contributed by atoms with van der Waals surface area (Å²) in [6.45, 7) is 2.47. The topological polar surface area (TPSA) is 75.7 Å². The maximum atomic E-state index is 13.9. The highest BCUT2D eigenvalue weighted by atomic mass is 32.2. The van der Waals surface area contributed by atoms with Crippen LogP contribution in [0.15, 0.2) is 36.4 Å². The molecule has 1 aliphatic heterocycles. The molecule has 0 saturated carbocycles. The second-order valence-electron chi connectivity index (χ2n) is 5.96. The molecule has 8 heteroatoms. The van der Waals surface area contributed by atoms with Gasteiger partial charge >= 0.3 is 0 Å². The minimum Gasteiger partial charge on any atom is -0.491 e. The first kappa shape index (κ1) is 18.2. The lowest BCUT2D eigenvalue weighted by Gasteiger charge is -2.16. The fourth-order valence-electron chi connectivity index (χ4n) is 2.91. The number of rotatable bonds is 5. The van der Waals surface area contributed by atoms with E-state index in [1.54, 1.807) is 31.2 Å². The smallest absolute Gasteiger partial charge is 0.255 e. The standard InChI is InChI=1S/C18H19FN2O4S/c1-3-25-17-7-5-14(11-15(17)19)20-18(22)13-4-6-16-12(10-13)8-9-21(16)26(2,23)24/h4-7,10-11H,3,8-9H2,1-2H3,(H,20,22). The fourth-order valence-corrected chi connectivity index (χ4v) is 3.87.